The molecule has 336 valence electrons. The Morgan fingerprint density at radius 1 is 0.208 bits per heavy atom. The third-order valence-corrected chi connectivity index (χ3v) is 15.8. The highest BCUT2D eigenvalue weighted by Crippen LogP contribution is 2.43. The second-order valence-electron chi connectivity index (χ2n) is 18.8. The second kappa shape index (κ2) is 17.4. The average Bonchev–Trinajstić information content (AvgIpc) is 3.83. The Labute approximate surface area is 422 Å². The van der Waals surface area contributed by atoms with Gasteiger partial charge in [0, 0.05) is 37.2 Å². The minimum absolute atomic E-state index is 1.10. The molecule has 0 N–H and O–H groups in total. The molecule has 0 amide bonds. The van der Waals surface area contributed by atoms with Crippen LogP contribution in [0.4, 0.5) is 17.1 Å². The van der Waals surface area contributed by atoms with Crippen molar-refractivity contribution < 1.29 is 0 Å². The predicted molar refractivity (Wildman–Crippen MR) is 311 cm³/mol. The number of hydrogen-bond donors (Lipinski definition) is 0. The van der Waals surface area contributed by atoms with Crippen LogP contribution in [0.2, 0.25) is 0 Å². The van der Waals surface area contributed by atoms with Crippen LogP contribution >= 0.6 is 11.3 Å². The summed E-state index contributed by atoms with van der Waals surface area (Å²) in [6.45, 7) is 0. The van der Waals surface area contributed by atoms with Crippen molar-refractivity contribution in [2.24, 2.45) is 0 Å². The van der Waals surface area contributed by atoms with Crippen LogP contribution in [0.5, 0.6) is 0 Å². The van der Waals surface area contributed by atoms with E-state index in [0.717, 1.165) is 17.1 Å². The molecule has 0 atom stereocenters. The minimum Gasteiger partial charge on any atom is -0.310 e. The lowest BCUT2D eigenvalue weighted by atomic mass is 9.94. The zero-order valence-electron chi connectivity index (χ0n) is 39.3. The fraction of sp³-hybridized carbons (Fsp3) is 0. The Morgan fingerprint density at radius 2 is 0.597 bits per heavy atom. The van der Waals surface area contributed by atoms with E-state index < -0.39 is 0 Å². The molecular weight excluding hydrogens is 887 g/mol. The lowest BCUT2D eigenvalue weighted by Gasteiger charge is -2.26. The highest BCUT2D eigenvalue weighted by molar-refractivity contribution is 7.25. The zero-order chi connectivity index (χ0) is 47.5. The number of fused-ring (bicyclic) bond motifs is 10. The van der Waals surface area contributed by atoms with Gasteiger partial charge < -0.3 is 4.90 Å². The van der Waals surface area contributed by atoms with Crippen LogP contribution in [0, 0.1) is 0 Å². The molecule has 1 aromatic heterocycles. The van der Waals surface area contributed by atoms with Gasteiger partial charge in [-0.25, -0.2) is 0 Å². The molecule has 72 heavy (non-hydrogen) atoms. The van der Waals surface area contributed by atoms with Gasteiger partial charge in [-0.3, -0.25) is 0 Å². The van der Waals surface area contributed by atoms with Gasteiger partial charge in [0.1, 0.15) is 0 Å². The van der Waals surface area contributed by atoms with E-state index >= 15 is 0 Å². The number of hydrogen-bond acceptors (Lipinski definition) is 2. The van der Waals surface area contributed by atoms with Gasteiger partial charge in [0.25, 0.3) is 0 Å². The van der Waals surface area contributed by atoms with E-state index in [1.807, 2.05) is 11.3 Å². The predicted octanol–water partition coefficient (Wildman–Crippen LogP) is 20.5. The lowest BCUT2D eigenvalue weighted by Crippen LogP contribution is -2.10. The second-order valence-corrected chi connectivity index (χ2v) is 19.9. The monoisotopic (exact) mass is 931 g/mol. The van der Waals surface area contributed by atoms with Crippen molar-refractivity contribution in [2.45, 2.75) is 0 Å². The summed E-state index contributed by atoms with van der Waals surface area (Å²) < 4.78 is 2.62. The number of nitrogens with zero attached hydrogens (tertiary/aromatic N) is 1. The molecule has 0 bridgehead atoms. The normalized spacial score (nSPS) is 11.6. The first-order valence-electron chi connectivity index (χ1n) is 24.7. The smallest absolute Gasteiger partial charge is 0.0468 e. The molecule has 0 fully saturated rings. The molecule has 1 nitrogen and oxygen atoms in total. The molecule has 0 spiro atoms. The van der Waals surface area contributed by atoms with Crippen LogP contribution < -0.4 is 4.90 Å². The number of benzene rings is 13. The molecule has 14 aromatic rings. The van der Waals surface area contributed by atoms with Gasteiger partial charge >= 0.3 is 0 Å². The van der Waals surface area contributed by atoms with Crippen molar-refractivity contribution in [2.75, 3.05) is 4.90 Å². The van der Waals surface area contributed by atoms with E-state index in [9.17, 15) is 0 Å². The van der Waals surface area contributed by atoms with Crippen molar-refractivity contribution >= 4 is 91.7 Å². The third kappa shape index (κ3) is 7.31. The van der Waals surface area contributed by atoms with E-state index in [-0.39, 0.29) is 0 Å². The third-order valence-electron chi connectivity index (χ3n) is 14.7. The number of anilines is 3. The Kier molecular flexibility index (Phi) is 10.1. The Balaban J connectivity index is 0.779. The first-order chi connectivity index (χ1) is 35.7. The minimum atomic E-state index is 1.10. The molecular formula is C70H45NS. The summed E-state index contributed by atoms with van der Waals surface area (Å²) in [7, 11) is 0. The summed E-state index contributed by atoms with van der Waals surface area (Å²) in [4.78, 5) is 2.39. The van der Waals surface area contributed by atoms with E-state index in [1.165, 1.54) is 119 Å². The van der Waals surface area contributed by atoms with Crippen molar-refractivity contribution in [1.82, 2.24) is 0 Å². The Hall–Kier alpha value is -9.08. The zero-order valence-corrected chi connectivity index (χ0v) is 40.2. The van der Waals surface area contributed by atoms with Gasteiger partial charge in [0.05, 0.1) is 0 Å². The van der Waals surface area contributed by atoms with Crippen LogP contribution in [0.15, 0.2) is 273 Å². The molecule has 0 saturated carbocycles. The fourth-order valence-corrected chi connectivity index (χ4v) is 12.1. The lowest BCUT2D eigenvalue weighted by molar-refractivity contribution is 1.29. The van der Waals surface area contributed by atoms with Crippen LogP contribution in [0.25, 0.3) is 119 Å². The molecule has 14 rings (SSSR count). The van der Waals surface area contributed by atoms with E-state index in [1.54, 1.807) is 0 Å². The Bertz CT molecular complexity index is 4320. The molecule has 1 heterocycles. The highest BCUT2D eigenvalue weighted by atomic mass is 32.1. The van der Waals surface area contributed by atoms with Crippen molar-refractivity contribution in [1.29, 1.82) is 0 Å². The maximum absolute atomic E-state index is 2.39. The van der Waals surface area contributed by atoms with E-state index in [4.69, 9.17) is 0 Å². The number of rotatable bonds is 8. The SMILES string of the molecule is c1ccc(-c2ccc(N(c3ccc(-c4ccc(-c5cccc(-c6ccc7sc8ccc(-c9cccc%10ccccc9%10)cc8c7c6)c5)cc4)cc3)c3ccc4c5ccccc5c5ccccc5c4c3)cc2)cc1. The van der Waals surface area contributed by atoms with Crippen LogP contribution in [-0.4, -0.2) is 0 Å². The first-order valence-corrected chi connectivity index (χ1v) is 25.5. The van der Waals surface area contributed by atoms with Crippen LogP contribution in [0.3, 0.4) is 0 Å². The largest absolute Gasteiger partial charge is 0.310 e. The topological polar surface area (TPSA) is 3.24 Å². The summed E-state index contributed by atoms with van der Waals surface area (Å²) in [6.07, 6.45) is 0. The highest BCUT2D eigenvalue weighted by Gasteiger charge is 2.17. The van der Waals surface area contributed by atoms with Crippen molar-refractivity contribution in [3.05, 3.63) is 273 Å². The van der Waals surface area contributed by atoms with Gasteiger partial charge in [-0.15, -0.1) is 11.3 Å². The molecule has 0 saturated heterocycles. The molecule has 0 aliphatic rings. The molecule has 0 radical (unpaired) electrons. The van der Waals surface area contributed by atoms with Gasteiger partial charge in [0.15, 0.2) is 0 Å². The van der Waals surface area contributed by atoms with Gasteiger partial charge in [-0.05, 0) is 165 Å². The fourth-order valence-electron chi connectivity index (χ4n) is 11.1. The van der Waals surface area contributed by atoms with Gasteiger partial charge in [-0.1, -0.05) is 206 Å². The van der Waals surface area contributed by atoms with Gasteiger partial charge in [0.2, 0.25) is 0 Å². The van der Waals surface area contributed by atoms with Crippen molar-refractivity contribution in [3.63, 3.8) is 0 Å². The summed E-state index contributed by atoms with van der Waals surface area (Å²) >= 11 is 1.87. The van der Waals surface area contributed by atoms with Crippen LogP contribution in [0.1, 0.15) is 0 Å². The molecule has 0 aliphatic carbocycles. The standard InChI is InChI=1S/C70H45NS/c1-2-12-46(13-3-1)48-28-34-56(35-29-48)71(58-38-39-65-63-21-7-6-19-61(63)62-20-8-9-22-64(62)66(65)45-58)57-36-30-49(31-37-57)47-24-26-50(27-25-47)52-16-10-17-53(42-52)54-32-40-69-67(43-54)68-44-55(33-41-70(68)72-69)60-23-11-15-51-14-4-5-18-59(51)60/h1-45H. The Morgan fingerprint density at radius 3 is 1.22 bits per heavy atom. The van der Waals surface area contributed by atoms with Crippen molar-refractivity contribution in [3.8, 4) is 55.6 Å². The van der Waals surface area contributed by atoms with Crippen LogP contribution in [-0.2, 0) is 0 Å². The molecule has 0 aliphatic heterocycles. The maximum atomic E-state index is 2.39. The van der Waals surface area contributed by atoms with E-state index in [0.29, 0.717) is 0 Å². The van der Waals surface area contributed by atoms with Gasteiger partial charge in [-0.2, -0.15) is 0 Å². The molecule has 0 unspecified atom stereocenters. The molecule has 13 aromatic carbocycles. The maximum Gasteiger partial charge on any atom is 0.0468 e. The summed E-state index contributed by atoms with van der Waals surface area (Å²) in [5.74, 6) is 0. The summed E-state index contributed by atoms with van der Waals surface area (Å²) in [6, 6.07) is 100. The first kappa shape index (κ1) is 41.9. The quantitative estimate of drug-likeness (QED) is 0.137. The average molecular weight is 932 g/mol. The number of thiophene rings is 1. The van der Waals surface area contributed by atoms with E-state index in [2.05, 4.69) is 278 Å². The summed E-state index contributed by atoms with van der Waals surface area (Å²) in [5, 5.41) is 12.8. The molecule has 2 heteroatoms. The summed E-state index contributed by atoms with van der Waals surface area (Å²) in [5.41, 5.74) is 15.4.